The minimum absolute atomic E-state index is 0.280. The summed E-state index contributed by atoms with van der Waals surface area (Å²) in [5, 5.41) is 3.48. The zero-order valence-electron chi connectivity index (χ0n) is 16.9. The molecule has 2 aromatic carbocycles. The largest absolute Gasteiger partial charge is 0.497 e. The molecule has 2 atom stereocenters. The Morgan fingerprint density at radius 2 is 1.77 bits per heavy atom. The number of furan rings is 1. The zero-order chi connectivity index (χ0) is 21.5. The van der Waals surface area contributed by atoms with Gasteiger partial charge in [0, 0.05) is 5.69 Å². The number of carbonyl (C=O) groups excluding carboxylic acids is 1. The van der Waals surface area contributed by atoms with Crippen LogP contribution >= 0.6 is 0 Å². The first-order chi connectivity index (χ1) is 15.0. The Morgan fingerprint density at radius 3 is 2.48 bits per heavy atom. The molecule has 156 valence electrons. The van der Waals surface area contributed by atoms with Crippen LogP contribution < -0.4 is 20.4 Å². The van der Waals surface area contributed by atoms with Gasteiger partial charge in [-0.25, -0.2) is 4.79 Å². The Bertz CT molecular complexity index is 1330. The van der Waals surface area contributed by atoms with Crippen molar-refractivity contribution in [3.05, 3.63) is 88.2 Å². The minimum Gasteiger partial charge on any atom is -0.497 e. The van der Waals surface area contributed by atoms with Gasteiger partial charge in [-0.15, -0.1) is 0 Å². The number of nitrogens with one attached hydrogen (secondary N) is 1. The van der Waals surface area contributed by atoms with Crippen molar-refractivity contribution in [2.24, 2.45) is 0 Å². The molecule has 0 fully saturated rings. The average molecular weight is 417 g/mol. The number of methoxy groups -OCH3 is 1. The van der Waals surface area contributed by atoms with Crippen molar-refractivity contribution in [3.8, 4) is 11.5 Å². The molecule has 0 saturated heterocycles. The molecule has 1 amide bonds. The van der Waals surface area contributed by atoms with Gasteiger partial charge in [-0.2, -0.15) is 0 Å². The van der Waals surface area contributed by atoms with Crippen LogP contribution in [0.2, 0.25) is 0 Å². The first-order valence-corrected chi connectivity index (χ1v) is 9.79. The summed E-state index contributed by atoms with van der Waals surface area (Å²) < 4.78 is 22.6. The highest BCUT2D eigenvalue weighted by Gasteiger charge is 2.45. The molecule has 1 aliphatic heterocycles. The monoisotopic (exact) mass is 417 g/mol. The Kier molecular flexibility index (Phi) is 4.51. The Labute approximate surface area is 177 Å². The molecule has 0 aliphatic carbocycles. The summed E-state index contributed by atoms with van der Waals surface area (Å²) in [6, 6.07) is 17.6. The maximum absolute atomic E-state index is 13.2. The van der Waals surface area contributed by atoms with E-state index in [-0.39, 0.29) is 5.56 Å². The molecule has 2 aromatic heterocycles. The number of ether oxygens (including phenoxy) is 2. The van der Waals surface area contributed by atoms with Crippen LogP contribution in [0, 0.1) is 6.92 Å². The second-order valence-electron chi connectivity index (χ2n) is 7.31. The molecule has 0 unspecified atom stereocenters. The smallest absolute Gasteiger partial charge is 0.344 e. The normalized spacial score (nSPS) is 17.2. The second-order valence-corrected chi connectivity index (χ2v) is 7.31. The van der Waals surface area contributed by atoms with Gasteiger partial charge in [-0.05, 0) is 55.5 Å². The van der Waals surface area contributed by atoms with Crippen molar-refractivity contribution in [1.82, 2.24) is 0 Å². The van der Waals surface area contributed by atoms with E-state index in [1.807, 2.05) is 6.07 Å². The molecule has 0 saturated carbocycles. The lowest BCUT2D eigenvalue weighted by Crippen LogP contribution is -2.35. The standard InChI is InChI=1S/C24H19NO6/c1-13-7-12-18(29-13)19-20-21(16-5-3-4-6-17(16)30-24(20)27)31-22(19)23(26)25-14-8-10-15(28-2)11-9-14/h3-12,19,22H,1-2H3,(H,25,26)/t19-,22+/m1/s1. The number of para-hydroxylation sites is 1. The third kappa shape index (κ3) is 3.24. The van der Waals surface area contributed by atoms with E-state index in [0.717, 1.165) is 0 Å². The number of fused-ring (bicyclic) bond motifs is 3. The van der Waals surface area contributed by atoms with Crippen molar-refractivity contribution >= 4 is 22.6 Å². The van der Waals surface area contributed by atoms with Gasteiger partial charge in [0.05, 0.1) is 24.0 Å². The van der Waals surface area contributed by atoms with Crippen LogP contribution in [0.25, 0.3) is 11.0 Å². The van der Waals surface area contributed by atoms with Crippen LogP contribution in [0.4, 0.5) is 5.69 Å². The van der Waals surface area contributed by atoms with E-state index < -0.39 is 23.6 Å². The van der Waals surface area contributed by atoms with Gasteiger partial charge in [-0.3, -0.25) is 4.79 Å². The first-order valence-electron chi connectivity index (χ1n) is 9.79. The van der Waals surface area contributed by atoms with Crippen molar-refractivity contribution in [2.45, 2.75) is 18.9 Å². The Balaban J connectivity index is 1.58. The van der Waals surface area contributed by atoms with Gasteiger partial charge < -0.3 is 23.6 Å². The van der Waals surface area contributed by atoms with Crippen LogP contribution in [0.15, 0.2) is 74.3 Å². The van der Waals surface area contributed by atoms with E-state index in [0.29, 0.717) is 39.7 Å². The number of amides is 1. The number of hydrogen-bond acceptors (Lipinski definition) is 6. The zero-order valence-corrected chi connectivity index (χ0v) is 16.9. The average Bonchev–Trinajstić information content (AvgIpc) is 3.38. The number of benzene rings is 2. The van der Waals surface area contributed by atoms with E-state index in [4.69, 9.17) is 18.3 Å². The molecular weight excluding hydrogens is 398 g/mol. The molecular formula is C24H19NO6. The summed E-state index contributed by atoms with van der Waals surface area (Å²) in [7, 11) is 1.57. The molecule has 3 heterocycles. The fourth-order valence-electron chi connectivity index (χ4n) is 3.88. The molecule has 4 aromatic rings. The fraction of sp³-hybridized carbons (Fsp3) is 0.167. The minimum atomic E-state index is -1.00. The summed E-state index contributed by atoms with van der Waals surface area (Å²) >= 11 is 0. The quantitative estimate of drug-likeness (QED) is 0.500. The molecule has 7 heteroatoms. The highest BCUT2D eigenvalue weighted by Crippen LogP contribution is 2.44. The predicted octanol–water partition coefficient (Wildman–Crippen LogP) is 4.23. The topological polar surface area (TPSA) is 90.9 Å². The third-order valence-corrected chi connectivity index (χ3v) is 5.34. The van der Waals surface area contributed by atoms with Crippen molar-refractivity contribution in [1.29, 1.82) is 0 Å². The van der Waals surface area contributed by atoms with Crippen LogP contribution in [0.3, 0.4) is 0 Å². The fourth-order valence-corrected chi connectivity index (χ4v) is 3.88. The lowest BCUT2D eigenvalue weighted by Gasteiger charge is -2.17. The van der Waals surface area contributed by atoms with E-state index in [9.17, 15) is 9.59 Å². The summed E-state index contributed by atoms with van der Waals surface area (Å²) in [4.78, 5) is 26.1. The van der Waals surface area contributed by atoms with Crippen molar-refractivity contribution < 1.29 is 23.1 Å². The van der Waals surface area contributed by atoms with Crippen LogP contribution in [-0.2, 0) is 4.79 Å². The molecule has 5 rings (SSSR count). The van der Waals surface area contributed by atoms with Crippen LogP contribution in [-0.4, -0.2) is 19.1 Å². The van der Waals surface area contributed by atoms with Gasteiger partial charge in [0.15, 0.2) is 6.10 Å². The van der Waals surface area contributed by atoms with E-state index in [2.05, 4.69) is 5.32 Å². The van der Waals surface area contributed by atoms with Gasteiger partial charge in [0.1, 0.15) is 28.6 Å². The second kappa shape index (κ2) is 7.36. The SMILES string of the molecule is COc1ccc(NC(=O)[C@H]2Oc3c(c(=O)oc4ccccc34)[C@H]2c2ccc(C)o2)cc1. The van der Waals surface area contributed by atoms with Crippen LogP contribution in [0.1, 0.15) is 23.0 Å². The lowest BCUT2D eigenvalue weighted by atomic mass is 9.93. The Morgan fingerprint density at radius 1 is 1.00 bits per heavy atom. The molecule has 0 radical (unpaired) electrons. The highest BCUT2D eigenvalue weighted by atomic mass is 16.5. The van der Waals surface area contributed by atoms with Gasteiger partial charge >= 0.3 is 5.63 Å². The summed E-state index contributed by atoms with van der Waals surface area (Å²) in [6.07, 6.45) is -1.00. The maximum Gasteiger partial charge on any atom is 0.344 e. The number of aryl methyl sites for hydroxylation is 1. The molecule has 7 nitrogen and oxygen atoms in total. The van der Waals surface area contributed by atoms with Crippen LogP contribution in [0.5, 0.6) is 11.5 Å². The number of hydrogen-bond donors (Lipinski definition) is 1. The van der Waals surface area contributed by atoms with Crippen molar-refractivity contribution in [3.63, 3.8) is 0 Å². The van der Waals surface area contributed by atoms with E-state index in [1.165, 1.54) is 0 Å². The summed E-state index contributed by atoms with van der Waals surface area (Å²) in [5.74, 6) is 1.03. The lowest BCUT2D eigenvalue weighted by molar-refractivity contribution is -0.122. The van der Waals surface area contributed by atoms with Gasteiger partial charge in [-0.1, -0.05) is 12.1 Å². The molecule has 0 bridgehead atoms. The first kappa shape index (κ1) is 19.0. The molecule has 31 heavy (non-hydrogen) atoms. The molecule has 1 aliphatic rings. The van der Waals surface area contributed by atoms with Gasteiger partial charge in [0.2, 0.25) is 0 Å². The summed E-state index contributed by atoms with van der Waals surface area (Å²) in [5.41, 5.74) is 0.712. The van der Waals surface area contributed by atoms with Gasteiger partial charge in [0.25, 0.3) is 5.91 Å². The Hall–Kier alpha value is -4.00. The third-order valence-electron chi connectivity index (χ3n) is 5.34. The number of rotatable bonds is 4. The highest BCUT2D eigenvalue weighted by molar-refractivity contribution is 5.97. The maximum atomic E-state index is 13.2. The van der Waals surface area contributed by atoms with Crippen molar-refractivity contribution in [2.75, 3.05) is 12.4 Å². The predicted molar refractivity (Wildman–Crippen MR) is 114 cm³/mol. The van der Waals surface area contributed by atoms with E-state index >= 15 is 0 Å². The van der Waals surface area contributed by atoms with E-state index in [1.54, 1.807) is 68.6 Å². The number of carbonyl (C=O) groups is 1. The summed E-state index contributed by atoms with van der Waals surface area (Å²) in [6.45, 7) is 1.80. The molecule has 0 spiro atoms. The molecule has 1 N–H and O–H groups in total. The number of anilines is 1.